The molecule has 2 aromatic rings. The number of carbonyl (C=O) groups excluding carboxylic acids is 1. The fraction of sp³-hybridized carbons (Fsp3) is 0.474. The highest BCUT2D eigenvalue weighted by Gasteiger charge is 2.20. The number of thiazole rings is 1. The van der Waals surface area contributed by atoms with E-state index in [9.17, 15) is 4.79 Å². The molecule has 0 bridgehead atoms. The largest absolute Gasteiger partial charge is 0.378 e. The van der Waals surface area contributed by atoms with Gasteiger partial charge in [-0.05, 0) is 20.8 Å². The summed E-state index contributed by atoms with van der Waals surface area (Å²) >= 11 is 1.65. The quantitative estimate of drug-likeness (QED) is 0.861. The molecule has 2 heterocycles. The Bertz CT molecular complexity index is 721. The molecule has 2 unspecified atom stereocenters. The number of nitrogens with zero attached hydrogens (tertiary/aromatic N) is 1. The number of aromatic nitrogens is 1. The molecular weight excluding hydrogens is 334 g/mol. The first kappa shape index (κ1) is 18.0. The lowest BCUT2D eigenvalue weighted by atomic mass is 10.1. The lowest BCUT2D eigenvalue weighted by Gasteiger charge is -2.24. The third-order valence-electron chi connectivity index (χ3n) is 4.33. The van der Waals surface area contributed by atoms with Gasteiger partial charge < -0.3 is 15.4 Å². The van der Waals surface area contributed by atoms with Gasteiger partial charge in [-0.3, -0.25) is 4.79 Å². The van der Waals surface area contributed by atoms with Crippen LogP contribution < -0.4 is 10.6 Å². The van der Waals surface area contributed by atoms with Gasteiger partial charge in [0.1, 0.15) is 5.01 Å². The molecule has 0 aliphatic carbocycles. The van der Waals surface area contributed by atoms with E-state index < -0.39 is 0 Å². The van der Waals surface area contributed by atoms with Gasteiger partial charge in [0.05, 0.1) is 29.8 Å². The van der Waals surface area contributed by atoms with Crippen molar-refractivity contribution in [3.63, 3.8) is 0 Å². The normalized spacial score (nSPS) is 18.8. The van der Waals surface area contributed by atoms with E-state index in [2.05, 4.69) is 46.8 Å². The van der Waals surface area contributed by atoms with E-state index in [-0.39, 0.29) is 18.0 Å². The Balaban J connectivity index is 1.64. The van der Waals surface area contributed by atoms with E-state index in [1.165, 1.54) is 5.56 Å². The van der Waals surface area contributed by atoms with Gasteiger partial charge in [-0.15, -0.1) is 11.3 Å². The Labute approximate surface area is 152 Å². The molecule has 1 amide bonds. The number of benzene rings is 1. The van der Waals surface area contributed by atoms with E-state index in [0.29, 0.717) is 13.0 Å². The number of nitrogens with one attached hydrogen (secondary N) is 2. The van der Waals surface area contributed by atoms with Crippen LogP contribution in [0.4, 0.5) is 0 Å². The van der Waals surface area contributed by atoms with Crippen LogP contribution in [0, 0.1) is 13.8 Å². The van der Waals surface area contributed by atoms with Gasteiger partial charge in [-0.1, -0.05) is 29.8 Å². The highest BCUT2D eigenvalue weighted by atomic mass is 32.1. The predicted octanol–water partition coefficient (Wildman–Crippen LogP) is 2.98. The number of aryl methyl sites for hydroxylation is 2. The Hall–Kier alpha value is -1.76. The topological polar surface area (TPSA) is 63.2 Å². The first-order valence-corrected chi connectivity index (χ1v) is 9.49. The van der Waals surface area contributed by atoms with Crippen molar-refractivity contribution in [2.45, 2.75) is 39.3 Å². The predicted molar refractivity (Wildman–Crippen MR) is 101 cm³/mol. The van der Waals surface area contributed by atoms with Crippen LogP contribution in [0.1, 0.15) is 35.5 Å². The second-order valence-electron chi connectivity index (χ2n) is 6.55. The molecule has 134 valence electrons. The molecular formula is C19H25N3O2S. The lowest BCUT2D eigenvalue weighted by molar-refractivity contribution is -0.122. The monoisotopic (exact) mass is 359 g/mol. The summed E-state index contributed by atoms with van der Waals surface area (Å²) in [5.41, 5.74) is 3.33. The Morgan fingerprint density at radius 2 is 2.16 bits per heavy atom. The average Bonchev–Trinajstić information content (AvgIpc) is 2.98. The highest BCUT2D eigenvalue weighted by Crippen LogP contribution is 2.31. The molecule has 1 fully saturated rings. The molecule has 0 radical (unpaired) electrons. The number of rotatable bonds is 5. The Morgan fingerprint density at radius 3 is 2.84 bits per heavy atom. The molecule has 1 saturated heterocycles. The third kappa shape index (κ3) is 4.66. The van der Waals surface area contributed by atoms with Gasteiger partial charge in [0, 0.05) is 24.6 Å². The molecule has 6 heteroatoms. The first-order chi connectivity index (χ1) is 12.0. The van der Waals surface area contributed by atoms with Crippen LogP contribution in [0.5, 0.6) is 0 Å². The standard InChI is InChI=1S/C19H25N3O2S/c1-12-4-6-15(7-5-12)19-22-14(3)18(25-19)13(2)21-17(23)10-16-11-24-9-8-20-16/h4-7,13,16,20H,8-11H2,1-3H3,(H,21,23). The molecule has 1 aromatic heterocycles. The molecule has 1 aromatic carbocycles. The summed E-state index contributed by atoms with van der Waals surface area (Å²) in [6.07, 6.45) is 0.438. The highest BCUT2D eigenvalue weighted by molar-refractivity contribution is 7.15. The van der Waals surface area contributed by atoms with Crippen LogP contribution in [-0.2, 0) is 9.53 Å². The second kappa shape index (κ2) is 8.08. The third-order valence-corrected chi connectivity index (χ3v) is 5.72. The molecule has 3 rings (SSSR count). The van der Waals surface area contributed by atoms with Crippen molar-refractivity contribution in [1.29, 1.82) is 0 Å². The summed E-state index contributed by atoms with van der Waals surface area (Å²) in [5.74, 6) is 0.0418. The van der Waals surface area contributed by atoms with Crippen LogP contribution in [-0.4, -0.2) is 36.7 Å². The van der Waals surface area contributed by atoms with Crippen LogP contribution >= 0.6 is 11.3 Å². The van der Waals surface area contributed by atoms with Gasteiger partial charge in [0.25, 0.3) is 0 Å². The van der Waals surface area contributed by atoms with Crippen molar-refractivity contribution < 1.29 is 9.53 Å². The number of amides is 1. The number of morpholine rings is 1. The van der Waals surface area contributed by atoms with Crippen molar-refractivity contribution in [2.75, 3.05) is 19.8 Å². The van der Waals surface area contributed by atoms with Crippen molar-refractivity contribution >= 4 is 17.2 Å². The van der Waals surface area contributed by atoms with E-state index in [1.54, 1.807) is 11.3 Å². The van der Waals surface area contributed by atoms with E-state index in [0.717, 1.165) is 34.3 Å². The lowest BCUT2D eigenvalue weighted by Crippen LogP contribution is -2.44. The fourth-order valence-corrected chi connectivity index (χ4v) is 4.04. The molecule has 25 heavy (non-hydrogen) atoms. The Kier molecular flexibility index (Phi) is 5.83. The van der Waals surface area contributed by atoms with Crippen molar-refractivity contribution in [3.8, 4) is 10.6 Å². The molecule has 0 spiro atoms. The maximum atomic E-state index is 12.3. The summed E-state index contributed by atoms with van der Waals surface area (Å²) in [6.45, 7) is 8.22. The number of hydrogen-bond acceptors (Lipinski definition) is 5. The minimum Gasteiger partial charge on any atom is -0.378 e. The first-order valence-electron chi connectivity index (χ1n) is 8.68. The summed E-state index contributed by atoms with van der Waals surface area (Å²) in [4.78, 5) is 18.1. The molecule has 1 aliphatic rings. The molecule has 1 aliphatic heterocycles. The molecule has 2 N–H and O–H groups in total. The summed E-state index contributed by atoms with van der Waals surface area (Å²) < 4.78 is 5.40. The van der Waals surface area contributed by atoms with Crippen LogP contribution in [0.2, 0.25) is 0 Å². The summed E-state index contributed by atoms with van der Waals surface area (Å²) in [6, 6.07) is 8.43. The maximum Gasteiger partial charge on any atom is 0.222 e. The number of carbonyl (C=O) groups is 1. The van der Waals surface area contributed by atoms with E-state index in [1.807, 2.05) is 13.8 Å². The minimum absolute atomic E-state index is 0.0418. The fourth-order valence-electron chi connectivity index (χ4n) is 2.97. The van der Waals surface area contributed by atoms with Crippen LogP contribution in [0.15, 0.2) is 24.3 Å². The smallest absolute Gasteiger partial charge is 0.222 e. The van der Waals surface area contributed by atoms with Gasteiger partial charge >= 0.3 is 0 Å². The Morgan fingerprint density at radius 1 is 1.40 bits per heavy atom. The molecule has 2 atom stereocenters. The van der Waals surface area contributed by atoms with Gasteiger partial charge in [-0.25, -0.2) is 4.98 Å². The molecule has 0 saturated carbocycles. The zero-order valence-electron chi connectivity index (χ0n) is 15.0. The van der Waals surface area contributed by atoms with Gasteiger partial charge in [0.2, 0.25) is 5.91 Å². The van der Waals surface area contributed by atoms with Gasteiger partial charge in [0.15, 0.2) is 0 Å². The van der Waals surface area contributed by atoms with Gasteiger partial charge in [-0.2, -0.15) is 0 Å². The molecule has 5 nitrogen and oxygen atoms in total. The number of ether oxygens (including phenoxy) is 1. The van der Waals surface area contributed by atoms with Crippen LogP contribution in [0.3, 0.4) is 0 Å². The maximum absolute atomic E-state index is 12.3. The SMILES string of the molecule is Cc1ccc(-c2nc(C)c(C(C)NC(=O)CC3COCCN3)s2)cc1. The minimum atomic E-state index is -0.0475. The summed E-state index contributed by atoms with van der Waals surface area (Å²) in [5, 5.41) is 7.40. The van der Waals surface area contributed by atoms with E-state index in [4.69, 9.17) is 4.74 Å². The van der Waals surface area contributed by atoms with E-state index >= 15 is 0 Å². The van der Waals surface area contributed by atoms with Crippen molar-refractivity contribution in [2.24, 2.45) is 0 Å². The summed E-state index contributed by atoms with van der Waals surface area (Å²) in [7, 11) is 0. The zero-order valence-corrected chi connectivity index (χ0v) is 15.8. The average molecular weight is 359 g/mol. The second-order valence-corrected chi connectivity index (χ2v) is 7.58. The van der Waals surface area contributed by atoms with Crippen molar-refractivity contribution in [1.82, 2.24) is 15.6 Å². The van der Waals surface area contributed by atoms with Crippen LogP contribution in [0.25, 0.3) is 10.6 Å². The van der Waals surface area contributed by atoms with Crippen molar-refractivity contribution in [3.05, 3.63) is 40.4 Å². The zero-order chi connectivity index (χ0) is 17.8. The number of hydrogen-bond donors (Lipinski definition) is 2.